The van der Waals surface area contributed by atoms with Crippen molar-refractivity contribution in [1.82, 2.24) is 10.2 Å². The van der Waals surface area contributed by atoms with Crippen molar-refractivity contribution in [2.24, 2.45) is 5.92 Å². The summed E-state index contributed by atoms with van der Waals surface area (Å²) in [4.78, 5) is 38.3. The normalized spacial score (nSPS) is 15.0. The van der Waals surface area contributed by atoms with E-state index in [-0.39, 0.29) is 30.0 Å². The summed E-state index contributed by atoms with van der Waals surface area (Å²) in [5.74, 6) is -0.120. The lowest BCUT2D eigenvalue weighted by Crippen LogP contribution is -2.43. The number of anilines is 1. The first-order chi connectivity index (χ1) is 14.4. The number of nitro benzene ring substituents is 1. The highest BCUT2D eigenvalue weighted by Gasteiger charge is 2.26. The Morgan fingerprint density at radius 2 is 2.03 bits per heavy atom. The number of thiophene rings is 1. The molecular formula is C20H23BrN4O4S. The number of hydrogen-bond acceptors (Lipinski definition) is 6. The van der Waals surface area contributed by atoms with Crippen molar-refractivity contribution in [3.05, 3.63) is 55.2 Å². The maximum absolute atomic E-state index is 12.4. The number of carbonyl (C=O) groups excluding carboxylic acids is 2. The third kappa shape index (κ3) is 6.35. The molecule has 0 saturated carbocycles. The van der Waals surface area contributed by atoms with E-state index in [1.54, 1.807) is 11.3 Å². The van der Waals surface area contributed by atoms with E-state index in [0.717, 1.165) is 19.3 Å². The molecule has 2 aromatic rings. The van der Waals surface area contributed by atoms with Crippen LogP contribution in [0, 0.1) is 16.0 Å². The van der Waals surface area contributed by atoms with Crippen molar-refractivity contribution in [2.75, 3.05) is 31.5 Å². The summed E-state index contributed by atoms with van der Waals surface area (Å²) >= 11 is 4.94. The number of non-ortho nitro benzene ring substituents is 1. The number of rotatable bonds is 8. The van der Waals surface area contributed by atoms with E-state index in [9.17, 15) is 19.7 Å². The third-order valence-corrected chi connectivity index (χ3v) is 6.61. The van der Waals surface area contributed by atoms with Crippen LogP contribution in [0.3, 0.4) is 0 Å². The van der Waals surface area contributed by atoms with Gasteiger partial charge in [0, 0.05) is 33.9 Å². The van der Waals surface area contributed by atoms with Crippen molar-refractivity contribution in [3.8, 4) is 0 Å². The molecule has 1 saturated heterocycles. The molecule has 0 bridgehead atoms. The fraction of sp³-hybridized carbons (Fsp3) is 0.400. The average Bonchev–Trinajstić information content (AvgIpc) is 3.23. The van der Waals surface area contributed by atoms with E-state index < -0.39 is 4.92 Å². The molecule has 0 radical (unpaired) electrons. The summed E-state index contributed by atoms with van der Waals surface area (Å²) in [6.07, 6.45) is 2.29. The van der Waals surface area contributed by atoms with Crippen LogP contribution in [0.2, 0.25) is 0 Å². The molecule has 8 nitrogen and oxygen atoms in total. The van der Waals surface area contributed by atoms with Crippen LogP contribution in [0.5, 0.6) is 0 Å². The molecule has 0 spiro atoms. The van der Waals surface area contributed by atoms with Gasteiger partial charge in [0.15, 0.2) is 0 Å². The van der Waals surface area contributed by atoms with Crippen molar-refractivity contribution in [3.63, 3.8) is 0 Å². The smallest absolute Gasteiger partial charge is 0.270 e. The number of halogens is 1. The first-order valence-corrected chi connectivity index (χ1v) is 11.4. The van der Waals surface area contributed by atoms with Crippen LogP contribution in [0.25, 0.3) is 0 Å². The van der Waals surface area contributed by atoms with E-state index in [0.29, 0.717) is 29.8 Å². The molecule has 0 aliphatic carbocycles. The van der Waals surface area contributed by atoms with Crippen LogP contribution in [0.15, 0.2) is 40.2 Å². The number of nitrogens with one attached hydrogen (secondary N) is 2. The van der Waals surface area contributed by atoms with Gasteiger partial charge in [0.05, 0.1) is 17.2 Å². The molecular weight excluding hydrogens is 472 g/mol. The lowest BCUT2D eigenvalue weighted by molar-refractivity contribution is -0.384. The predicted molar refractivity (Wildman–Crippen MR) is 120 cm³/mol. The quantitative estimate of drug-likeness (QED) is 0.432. The molecule has 1 fully saturated rings. The minimum absolute atomic E-state index is 0.0172. The number of carbonyl (C=O) groups is 2. The Morgan fingerprint density at radius 3 is 2.67 bits per heavy atom. The van der Waals surface area contributed by atoms with Crippen LogP contribution in [0.4, 0.5) is 11.4 Å². The minimum atomic E-state index is -0.487. The van der Waals surface area contributed by atoms with E-state index in [2.05, 4.69) is 32.6 Å². The lowest BCUT2D eigenvalue weighted by atomic mass is 9.96. The minimum Gasteiger partial charge on any atom is -0.355 e. The Morgan fingerprint density at radius 1 is 1.27 bits per heavy atom. The van der Waals surface area contributed by atoms with Crippen LogP contribution in [-0.2, 0) is 16.0 Å². The van der Waals surface area contributed by atoms with Crippen molar-refractivity contribution >= 4 is 50.5 Å². The molecule has 10 heteroatoms. The van der Waals surface area contributed by atoms with Gasteiger partial charge in [-0.3, -0.25) is 24.6 Å². The van der Waals surface area contributed by atoms with Crippen molar-refractivity contribution in [2.45, 2.75) is 19.3 Å². The van der Waals surface area contributed by atoms with Gasteiger partial charge >= 0.3 is 0 Å². The molecule has 0 unspecified atom stereocenters. The topological polar surface area (TPSA) is 105 Å². The zero-order chi connectivity index (χ0) is 21.5. The second-order valence-electron chi connectivity index (χ2n) is 7.14. The molecule has 0 atom stereocenters. The Hall–Kier alpha value is -2.30. The second-order valence-corrected chi connectivity index (χ2v) is 9.03. The average molecular weight is 495 g/mol. The Kier molecular flexibility index (Phi) is 7.94. The van der Waals surface area contributed by atoms with Gasteiger partial charge in [-0.1, -0.05) is 6.07 Å². The summed E-state index contributed by atoms with van der Waals surface area (Å²) in [6.45, 7) is 2.22. The fourth-order valence-corrected chi connectivity index (χ4v) is 4.55. The highest BCUT2D eigenvalue weighted by Crippen LogP contribution is 2.27. The number of hydrogen-bond donors (Lipinski definition) is 2. The van der Waals surface area contributed by atoms with Crippen LogP contribution in [-0.4, -0.2) is 47.8 Å². The Labute approximate surface area is 186 Å². The van der Waals surface area contributed by atoms with Crippen LogP contribution < -0.4 is 10.6 Å². The molecule has 30 heavy (non-hydrogen) atoms. The summed E-state index contributed by atoms with van der Waals surface area (Å²) in [5.41, 5.74) is 0.446. The summed E-state index contributed by atoms with van der Waals surface area (Å²) in [6, 6.07) is 8.29. The van der Waals surface area contributed by atoms with E-state index >= 15 is 0 Å². The molecule has 2 heterocycles. The predicted octanol–water partition coefficient (Wildman–Crippen LogP) is 3.43. The van der Waals surface area contributed by atoms with Gasteiger partial charge in [-0.15, -0.1) is 11.3 Å². The van der Waals surface area contributed by atoms with Gasteiger partial charge in [-0.2, -0.15) is 0 Å². The molecule has 3 rings (SSSR count). The van der Waals surface area contributed by atoms with Gasteiger partial charge in [0.25, 0.3) is 5.69 Å². The van der Waals surface area contributed by atoms with Crippen molar-refractivity contribution < 1.29 is 14.5 Å². The van der Waals surface area contributed by atoms with Crippen LogP contribution >= 0.6 is 27.3 Å². The molecule has 2 amide bonds. The van der Waals surface area contributed by atoms with Gasteiger partial charge in [0.2, 0.25) is 11.8 Å². The van der Waals surface area contributed by atoms with E-state index in [1.807, 2.05) is 16.3 Å². The third-order valence-electron chi connectivity index (χ3n) is 5.01. The summed E-state index contributed by atoms with van der Waals surface area (Å²) in [5, 5.41) is 18.6. The molecule has 1 aromatic carbocycles. The van der Waals surface area contributed by atoms with Gasteiger partial charge in [-0.05, 0) is 65.8 Å². The summed E-state index contributed by atoms with van der Waals surface area (Å²) in [7, 11) is 0. The maximum Gasteiger partial charge on any atom is 0.270 e. The molecule has 2 N–H and O–H groups in total. The number of nitrogens with zero attached hydrogens (tertiary/aromatic N) is 2. The SMILES string of the molecule is O=C(CN1CCC(C(=O)NCCc2cccs2)CC1)Nc1ccc([N+](=O)[O-])cc1Br. The second kappa shape index (κ2) is 10.6. The maximum atomic E-state index is 12.4. The fourth-order valence-electron chi connectivity index (χ4n) is 3.37. The highest BCUT2D eigenvalue weighted by molar-refractivity contribution is 9.10. The zero-order valence-electron chi connectivity index (χ0n) is 16.3. The molecule has 1 aromatic heterocycles. The van der Waals surface area contributed by atoms with Gasteiger partial charge in [-0.25, -0.2) is 0 Å². The lowest BCUT2D eigenvalue weighted by Gasteiger charge is -2.30. The number of amides is 2. The number of benzene rings is 1. The number of nitro groups is 1. The number of piperidine rings is 1. The molecule has 1 aliphatic heterocycles. The van der Waals surface area contributed by atoms with E-state index in [4.69, 9.17) is 0 Å². The Bertz CT molecular complexity index is 898. The zero-order valence-corrected chi connectivity index (χ0v) is 18.7. The largest absolute Gasteiger partial charge is 0.355 e. The standard InChI is InChI=1S/C20H23BrN4O4S/c21-17-12-15(25(28)29)3-4-18(17)23-19(26)13-24-9-6-14(7-10-24)20(27)22-8-5-16-2-1-11-30-16/h1-4,11-12,14H,5-10,13H2,(H,22,27)(H,23,26). The van der Waals surface area contributed by atoms with Gasteiger partial charge < -0.3 is 10.6 Å². The van der Waals surface area contributed by atoms with E-state index in [1.165, 1.54) is 23.1 Å². The molecule has 1 aliphatic rings. The monoisotopic (exact) mass is 494 g/mol. The van der Waals surface area contributed by atoms with Gasteiger partial charge in [0.1, 0.15) is 0 Å². The number of likely N-dealkylation sites (tertiary alicyclic amines) is 1. The first kappa shape index (κ1) is 22.4. The highest BCUT2D eigenvalue weighted by atomic mass is 79.9. The van der Waals surface area contributed by atoms with Crippen LogP contribution in [0.1, 0.15) is 17.7 Å². The van der Waals surface area contributed by atoms with Crippen molar-refractivity contribution in [1.29, 1.82) is 0 Å². The summed E-state index contributed by atoms with van der Waals surface area (Å²) < 4.78 is 0.461. The Balaban J connectivity index is 1.39. The first-order valence-electron chi connectivity index (χ1n) is 9.68. The molecule has 160 valence electrons.